The standard InChI is InChI=1S/C28H24N4O4/c1-15-8-10-16(11-9-15)24-22-25(30(2)28(36)31(3)27(22)35)26-23(17-12-13-20(33)21(34)14-17)29-18-6-4-5-7-19(18)32(24)26/h4-14,23,29,33-34H,1-3H3. The van der Waals surface area contributed by atoms with Crippen molar-refractivity contribution in [2.24, 2.45) is 14.1 Å². The van der Waals surface area contributed by atoms with Crippen LogP contribution in [0.5, 0.6) is 11.5 Å². The molecule has 0 amide bonds. The molecule has 5 aromatic rings. The Kier molecular flexibility index (Phi) is 4.63. The highest BCUT2D eigenvalue weighted by Crippen LogP contribution is 2.46. The highest BCUT2D eigenvalue weighted by molar-refractivity contribution is 5.99. The molecule has 2 aromatic heterocycles. The van der Waals surface area contributed by atoms with E-state index in [2.05, 4.69) is 5.32 Å². The van der Waals surface area contributed by atoms with Gasteiger partial charge in [-0.3, -0.25) is 13.9 Å². The first-order valence-electron chi connectivity index (χ1n) is 11.6. The lowest BCUT2D eigenvalue weighted by Gasteiger charge is -2.31. The van der Waals surface area contributed by atoms with Gasteiger partial charge in [-0.2, -0.15) is 0 Å². The number of aromatic nitrogens is 3. The number of phenols is 2. The first kappa shape index (κ1) is 21.8. The molecule has 36 heavy (non-hydrogen) atoms. The maximum Gasteiger partial charge on any atom is 0.331 e. The number of benzene rings is 3. The fourth-order valence-electron chi connectivity index (χ4n) is 5.17. The predicted molar refractivity (Wildman–Crippen MR) is 139 cm³/mol. The van der Waals surface area contributed by atoms with E-state index in [1.165, 1.54) is 23.7 Å². The van der Waals surface area contributed by atoms with Crippen molar-refractivity contribution in [3.8, 4) is 28.4 Å². The van der Waals surface area contributed by atoms with Crippen LogP contribution in [-0.2, 0) is 14.1 Å². The van der Waals surface area contributed by atoms with Crippen LogP contribution in [0.1, 0.15) is 22.9 Å². The van der Waals surface area contributed by atoms with E-state index in [0.717, 1.165) is 27.1 Å². The Morgan fingerprint density at radius 2 is 1.58 bits per heavy atom. The summed E-state index contributed by atoms with van der Waals surface area (Å²) in [5, 5.41) is 24.2. The van der Waals surface area contributed by atoms with Gasteiger partial charge < -0.3 is 20.1 Å². The van der Waals surface area contributed by atoms with Gasteiger partial charge in [0.2, 0.25) is 0 Å². The molecule has 8 nitrogen and oxygen atoms in total. The summed E-state index contributed by atoms with van der Waals surface area (Å²) in [6.45, 7) is 2.00. The molecule has 1 aliphatic heterocycles. The Morgan fingerprint density at radius 1 is 0.861 bits per heavy atom. The number of aryl methyl sites for hydroxylation is 2. The average molecular weight is 481 g/mol. The molecule has 0 radical (unpaired) electrons. The SMILES string of the molecule is Cc1ccc(-c2c3c(=O)n(C)c(=O)n(C)c3c3n2-c2ccccc2NC3c2ccc(O)c(O)c2)cc1. The molecule has 0 spiro atoms. The maximum absolute atomic E-state index is 13.7. The molecule has 1 aliphatic rings. The number of rotatable bonds is 2. The molecule has 8 heteroatoms. The van der Waals surface area contributed by atoms with E-state index in [1.807, 2.05) is 60.0 Å². The fourth-order valence-corrected chi connectivity index (χ4v) is 5.17. The molecule has 0 aliphatic carbocycles. The van der Waals surface area contributed by atoms with Crippen LogP contribution in [0.25, 0.3) is 27.8 Å². The molecule has 0 saturated heterocycles. The summed E-state index contributed by atoms with van der Waals surface area (Å²) in [6, 6.07) is 19.8. The predicted octanol–water partition coefficient (Wildman–Crippen LogP) is 3.93. The van der Waals surface area contributed by atoms with Gasteiger partial charge in [0.1, 0.15) is 0 Å². The van der Waals surface area contributed by atoms with E-state index in [1.54, 1.807) is 13.1 Å². The zero-order valence-corrected chi connectivity index (χ0v) is 20.0. The van der Waals surface area contributed by atoms with Crippen LogP contribution in [0.4, 0.5) is 5.69 Å². The summed E-state index contributed by atoms with van der Waals surface area (Å²) in [6.07, 6.45) is 0. The number of fused-ring (bicyclic) bond motifs is 5. The molecule has 0 bridgehead atoms. The second-order valence-corrected chi connectivity index (χ2v) is 9.21. The van der Waals surface area contributed by atoms with Gasteiger partial charge in [0.15, 0.2) is 11.5 Å². The number of phenolic OH excluding ortho intramolecular Hbond substituents is 2. The zero-order chi connectivity index (χ0) is 25.3. The molecule has 3 N–H and O–H groups in total. The van der Waals surface area contributed by atoms with Crippen molar-refractivity contribution in [3.05, 3.63) is 104 Å². The van der Waals surface area contributed by atoms with E-state index < -0.39 is 11.7 Å². The van der Waals surface area contributed by atoms with E-state index >= 15 is 0 Å². The topological polar surface area (TPSA) is 101 Å². The smallest absolute Gasteiger partial charge is 0.331 e. The molecule has 0 saturated carbocycles. The lowest BCUT2D eigenvalue weighted by Crippen LogP contribution is -2.37. The lowest BCUT2D eigenvalue weighted by atomic mass is 9.99. The fraction of sp³-hybridized carbons (Fsp3) is 0.143. The van der Waals surface area contributed by atoms with Crippen molar-refractivity contribution < 1.29 is 10.2 Å². The van der Waals surface area contributed by atoms with Gasteiger partial charge in [-0.15, -0.1) is 0 Å². The summed E-state index contributed by atoms with van der Waals surface area (Å²) in [7, 11) is 3.15. The van der Waals surface area contributed by atoms with Crippen LogP contribution in [-0.4, -0.2) is 23.9 Å². The second kappa shape index (κ2) is 7.64. The number of hydrogen-bond donors (Lipinski definition) is 3. The number of hydrogen-bond acceptors (Lipinski definition) is 5. The monoisotopic (exact) mass is 480 g/mol. The van der Waals surface area contributed by atoms with Crippen LogP contribution < -0.4 is 16.6 Å². The molecule has 1 atom stereocenters. The number of nitrogens with zero attached hydrogens (tertiary/aromatic N) is 3. The number of anilines is 1. The molecule has 3 heterocycles. The van der Waals surface area contributed by atoms with Crippen molar-refractivity contribution in [3.63, 3.8) is 0 Å². The Balaban J connectivity index is 1.85. The third-order valence-electron chi connectivity index (χ3n) is 6.98. The Hall–Kier alpha value is -4.72. The Bertz CT molecular complexity index is 1810. The normalized spacial score (nSPS) is 14.4. The van der Waals surface area contributed by atoms with Crippen molar-refractivity contribution in [1.29, 1.82) is 0 Å². The first-order valence-corrected chi connectivity index (χ1v) is 11.6. The third-order valence-corrected chi connectivity index (χ3v) is 6.98. The van der Waals surface area contributed by atoms with Crippen molar-refractivity contribution in [2.45, 2.75) is 13.0 Å². The number of nitrogens with one attached hydrogen (secondary N) is 1. The minimum atomic E-state index is -0.522. The van der Waals surface area contributed by atoms with E-state index in [9.17, 15) is 19.8 Å². The van der Waals surface area contributed by atoms with E-state index in [4.69, 9.17) is 0 Å². The summed E-state index contributed by atoms with van der Waals surface area (Å²) in [4.78, 5) is 26.8. The average Bonchev–Trinajstić information content (AvgIpc) is 3.24. The van der Waals surface area contributed by atoms with E-state index in [-0.39, 0.29) is 17.1 Å². The largest absolute Gasteiger partial charge is 0.504 e. The highest BCUT2D eigenvalue weighted by Gasteiger charge is 2.34. The van der Waals surface area contributed by atoms with Gasteiger partial charge in [-0.05, 0) is 42.3 Å². The maximum atomic E-state index is 13.7. The minimum Gasteiger partial charge on any atom is -0.504 e. The molecular weight excluding hydrogens is 456 g/mol. The second-order valence-electron chi connectivity index (χ2n) is 9.21. The van der Waals surface area contributed by atoms with E-state index in [0.29, 0.717) is 27.9 Å². The summed E-state index contributed by atoms with van der Waals surface area (Å²) in [5.41, 5.74) is 5.37. The molecule has 1 unspecified atom stereocenters. The van der Waals surface area contributed by atoms with Crippen LogP contribution in [0.15, 0.2) is 76.3 Å². The number of aromatic hydroxyl groups is 2. The number of para-hydroxylation sites is 2. The Morgan fingerprint density at radius 3 is 2.31 bits per heavy atom. The molecule has 0 fully saturated rings. The van der Waals surface area contributed by atoms with Gasteiger partial charge in [0.05, 0.1) is 39.7 Å². The quantitative estimate of drug-likeness (QED) is 0.333. The summed E-state index contributed by atoms with van der Waals surface area (Å²) < 4.78 is 4.67. The van der Waals surface area contributed by atoms with Crippen molar-refractivity contribution in [1.82, 2.24) is 13.7 Å². The zero-order valence-electron chi connectivity index (χ0n) is 20.0. The first-order chi connectivity index (χ1) is 17.3. The van der Waals surface area contributed by atoms with Crippen LogP contribution in [0, 0.1) is 6.92 Å². The van der Waals surface area contributed by atoms with Crippen LogP contribution in [0.3, 0.4) is 0 Å². The van der Waals surface area contributed by atoms with Gasteiger partial charge in [-0.25, -0.2) is 4.79 Å². The van der Waals surface area contributed by atoms with Crippen LogP contribution >= 0.6 is 0 Å². The highest BCUT2D eigenvalue weighted by atomic mass is 16.3. The van der Waals surface area contributed by atoms with Crippen molar-refractivity contribution in [2.75, 3.05) is 5.32 Å². The Labute approximate surface area is 205 Å². The van der Waals surface area contributed by atoms with Crippen LogP contribution in [0.2, 0.25) is 0 Å². The summed E-state index contributed by atoms with van der Waals surface area (Å²) >= 11 is 0. The lowest BCUT2D eigenvalue weighted by molar-refractivity contribution is 0.403. The minimum absolute atomic E-state index is 0.225. The molecule has 6 rings (SSSR count). The van der Waals surface area contributed by atoms with Gasteiger partial charge >= 0.3 is 5.69 Å². The molecular formula is C28H24N4O4. The van der Waals surface area contributed by atoms with Gasteiger partial charge in [0.25, 0.3) is 5.56 Å². The molecule has 180 valence electrons. The van der Waals surface area contributed by atoms with Gasteiger partial charge in [-0.1, -0.05) is 48.0 Å². The van der Waals surface area contributed by atoms with Crippen molar-refractivity contribution >= 4 is 16.6 Å². The summed E-state index contributed by atoms with van der Waals surface area (Å²) in [5.74, 6) is -0.476. The third kappa shape index (κ3) is 2.94. The van der Waals surface area contributed by atoms with Gasteiger partial charge in [0, 0.05) is 14.1 Å². The molecule has 3 aromatic carbocycles.